The van der Waals surface area contributed by atoms with Gasteiger partial charge in [-0.3, -0.25) is 9.30 Å². The van der Waals surface area contributed by atoms with E-state index in [2.05, 4.69) is 40.4 Å². The average Bonchev–Trinajstić information content (AvgIpc) is 2.82. The lowest BCUT2D eigenvalue weighted by Gasteiger charge is -2.39. The van der Waals surface area contributed by atoms with Crippen LogP contribution in [0.1, 0.15) is 36.8 Å². The largest absolute Gasteiger partial charge is 0.329 e. The van der Waals surface area contributed by atoms with Crippen LogP contribution in [0, 0.1) is 19.8 Å². The highest BCUT2D eigenvalue weighted by molar-refractivity contribution is 5.34. The SMILES string of the molecule is Cc1cc(C)n2cc(CN3CCCC(C)C3CN)nc2n1. The minimum atomic E-state index is 0.472. The number of rotatable bonds is 3. The van der Waals surface area contributed by atoms with Gasteiger partial charge in [0.05, 0.1) is 5.69 Å². The molecule has 2 atom stereocenters. The van der Waals surface area contributed by atoms with Crippen LogP contribution in [0.25, 0.3) is 5.78 Å². The summed E-state index contributed by atoms with van der Waals surface area (Å²) >= 11 is 0. The molecule has 0 aromatic carbocycles. The summed E-state index contributed by atoms with van der Waals surface area (Å²) in [5.41, 5.74) is 9.26. The first kappa shape index (κ1) is 14.5. The van der Waals surface area contributed by atoms with E-state index in [0.29, 0.717) is 12.0 Å². The molecule has 2 aromatic heterocycles. The van der Waals surface area contributed by atoms with Gasteiger partial charge in [-0.05, 0) is 45.2 Å². The number of nitrogens with zero attached hydrogens (tertiary/aromatic N) is 4. The van der Waals surface area contributed by atoms with E-state index in [-0.39, 0.29) is 0 Å². The maximum absolute atomic E-state index is 5.98. The zero-order valence-corrected chi connectivity index (χ0v) is 13.2. The van der Waals surface area contributed by atoms with E-state index in [1.165, 1.54) is 18.5 Å². The number of nitrogens with two attached hydrogens (primary N) is 1. The third-order valence-electron chi connectivity index (χ3n) is 4.65. The molecule has 114 valence electrons. The van der Waals surface area contributed by atoms with Crippen molar-refractivity contribution < 1.29 is 0 Å². The standard InChI is InChI=1S/C16H25N5/c1-11-5-4-6-20(15(11)8-17)9-14-10-21-13(3)7-12(2)18-16(21)19-14/h7,10-11,15H,4-6,8-9,17H2,1-3H3. The lowest BCUT2D eigenvalue weighted by atomic mass is 9.91. The summed E-state index contributed by atoms with van der Waals surface area (Å²) in [6.45, 7) is 9.13. The molecule has 1 saturated heterocycles. The van der Waals surface area contributed by atoms with Crippen LogP contribution < -0.4 is 5.73 Å². The van der Waals surface area contributed by atoms with Gasteiger partial charge in [0.25, 0.3) is 0 Å². The number of aryl methyl sites for hydroxylation is 2. The monoisotopic (exact) mass is 287 g/mol. The van der Waals surface area contributed by atoms with Crippen molar-refractivity contribution in [2.45, 2.75) is 46.2 Å². The Kier molecular flexibility index (Phi) is 3.95. The summed E-state index contributed by atoms with van der Waals surface area (Å²) in [5, 5.41) is 0. The summed E-state index contributed by atoms with van der Waals surface area (Å²) in [7, 11) is 0. The normalized spacial score (nSPS) is 23.8. The second-order valence-corrected chi connectivity index (χ2v) is 6.33. The molecule has 21 heavy (non-hydrogen) atoms. The van der Waals surface area contributed by atoms with Crippen molar-refractivity contribution in [2.24, 2.45) is 11.7 Å². The van der Waals surface area contributed by atoms with E-state index >= 15 is 0 Å². The van der Waals surface area contributed by atoms with Crippen LogP contribution in [0.5, 0.6) is 0 Å². The quantitative estimate of drug-likeness (QED) is 0.937. The Bertz CT molecular complexity index is 633. The first-order valence-corrected chi connectivity index (χ1v) is 7.85. The fourth-order valence-corrected chi connectivity index (χ4v) is 3.51. The number of fused-ring (bicyclic) bond motifs is 1. The molecule has 0 saturated carbocycles. The molecular formula is C16H25N5. The highest BCUT2D eigenvalue weighted by Crippen LogP contribution is 2.24. The van der Waals surface area contributed by atoms with Crippen molar-refractivity contribution in [3.8, 4) is 0 Å². The number of hydrogen-bond donors (Lipinski definition) is 1. The minimum Gasteiger partial charge on any atom is -0.329 e. The molecule has 1 fully saturated rings. The topological polar surface area (TPSA) is 59.5 Å². The molecule has 2 aromatic rings. The van der Waals surface area contributed by atoms with E-state index in [1.54, 1.807) is 0 Å². The molecule has 5 nitrogen and oxygen atoms in total. The van der Waals surface area contributed by atoms with Crippen LogP contribution in [0.15, 0.2) is 12.3 Å². The van der Waals surface area contributed by atoms with E-state index in [9.17, 15) is 0 Å². The smallest absolute Gasteiger partial charge is 0.234 e. The van der Waals surface area contributed by atoms with E-state index < -0.39 is 0 Å². The van der Waals surface area contributed by atoms with E-state index in [1.807, 2.05) is 6.92 Å². The van der Waals surface area contributed by atoms with Crippen molar-refractivity contribution in [1.82, 2.24) is 19.3 Å². The van der Waals surface area contributed by atoms with Crippen molar-refractivity contribution in [3.05, 3.63) is 29.3 Å². The summed E-state index contributed by atoms with van der Waals surface area (Å²) in [6.07, 6.45) is 4.65. The summed E-state index contributed by atoms with van der Waals surface area (Å²) in [4.78, 5) is 11.7. The Morgan fingerprint density at radius 3 is 2.90 bits per heavy atom. The molecule has 1 aliphatic heterocycles. The van der Waals surface area contributed by atoms with E-state index in [0.717, 1.165) is 36.8 Å². The van der Waals surface area contributed by atoms with Crippen molar-refractivity contribution in [3.63, 3.8) is 0 Å². The van der Waals surface area contributed by atoms with Gasteiger partial charge >= 0.3 is 0 Å². The maximum atomic E-state index is 5.98. The first-order chi connectivity index (χ1) is 10.1. The molecule has 3 heterocycles. The van der Waals surface area contributed by atoms with Gasteiger partial charge < -0.3 is 5.73 Å². The zero-order chi connectivity index (χ0) is 15.0. The Hall–Kier alpha value is -1.46. The number of imidazole rings is 1. The highest BCUT2D eigenvalue weighted by atomic mass is 15.2. The van der Waals surface area contributed by atoms with Crippen molar-refractivity contribution >= 4 is 5.78 Å². The molecule has 1 aliphatic rings. The predicted octanol–water partition coefficient (Wildman–Crippen LogP) is 1.91. The number of hydrogen-bond acceptors (Lipinski definition) is 4. The van der Waals surface area contributed by atoms with Gasteiger partial charge in [-0.25, -0.2) is 9.97 Å². The van der Waals surface area contributed by atoms with Gasteiger partial charge in [-0.1, -0.05) is 6.92 Å². The van der Waals surface area contributed by atoms with Gasteiger partial charge in [0.1, 0.15) is 0 Å². The third kappa shape index (κ3) is 2.80. The fourth-order valence-electron chi connectivity index (χ4n) is 3.51. The highest BCUT2D eigenvalue weighted by Gasteiger charge is 2.27. The van der Waals surface area contributed by atoms with Crippen LogP contribution >= 0.6 is 0 Å². The lowest BCUT2D eigenvalue weighted by molar-refractivity contribution is 0.0979. The minimum absolute atomic E-state index is 0.472. The lowest BCUT2D eigenvalue weighted by Crippen LogP contribution is -2.48. The summed E-state index contributed by atoms with van der Waals surface area (Å²) < 4.78 is 2.08. The summed E-state index contributed by atoms with van der Waals surface area (Å²) in [5.74, 6) is 1.47. The number of aromatic nitrogens is 3. The molecule has 0 radical (unpaired) electrons. The van der Waals surface area contributed by atoms with Gasteiger partial charge in [0.2, 0.25) is 5.78 Å². The zero-order valence-electron chi connectivity index (χ0n) is 13.2. The molecule has 0 aliphatic carbocycles. The van der Waals surface area contributed by atoms with Crippen LogP contribution in [0.4, 0.5) is 0 Å². The first-order valence-electron chi connectivity index (χ1n) is 7.85. The second kappa shape index (κ2) is 5.73. The maximum Gasteiger partial charge on any atom is 0.234 e. The molecule has 0 amide bonds. The second-order valence-electron chi connectivity index (χ2n) is 6.33. The molecule has 2 unspecified atom stereocenters. The summed E-state index contributed by atoms with van der Waals surface area (Å²) in [6, 6.07) is 2.56. The Labute approximate surface area is 126 Å². The fraction of sp³-hybridized carbons (Fsp3) is 0.625. The third-order valence-corrected chi connectivity index (χ3v) is 4.65. The van der Waals surface area contributed by atoms with Gasteiger partial charge in [0.15, 0.2) is 0 Å². The predicted molar refractivity (Wildman–Crippen MR) is 84.1 cm³/mol. The molecular weight excluding hydrogens is 262 g/mol. The molecule has 0 bridgehead atoms. The van der Waals surface area contributed by atoms with Crippen LogP contribution in [-0.4, -0.2) is 38.4 Å². The van der Waals surface area contributed by atoms with E-state index in [4.69, 9.17) is 10.7 Å². The van der Waals surface area contributed by atoms with Crippen LogP contribution in [0.3, 0.4) is 0 Å². The Morgan fingerprint density at radius 1 is 1.33 bits per heavy atom. The Balaban J connectivity index is 1.85. The van der Waals surface area contributed by atoms with Gasteiger partial charge in [-0.15, -0.1) is 0 Å². The van der Waals surface area contributed by atoms with Crippen molar-refractivity contribution in [2.75, 3.05) is 13.1 Å². The Morgan fingerprint density at radius 2 is 2.14 bits per heavy atom. The number of likely N-dealkylation sites (tertiary alicyclic amines) is 1. The van der Waals surface area contributed by atoms with Gasteiger partial charge in [0, 0.05) is 36.7 Å². The van der Waals surface area contributed by atoms with Crippen molar-refractivity contribution in [1.29, 1.82) is 0 Å². The van der Waals surface area contributed by atoms with Crippen LogP contribution in [-0.2, 0) is 6.54 Å². The molecule has 2 N–H and O–H groups in total. The number of piperidine rings is 1. The van der Waals surface area contributed by atoms with Crippen LogP contribution in [0.2, 0.25) is 0 Å². The molecule has 3 rings (SSSR count). The van der Waals surface area contributed by atoms with Gasteiger partial charge in [-0.2, -0.15) is 0 Å². The molecule has 5 heteroatoms. The average molecular weight is 287 g/mol. The molecule has 0 spiro atoms.